The van der Waals surface area contributed by atoms with Crippen LogP contribution in [-0.4, -0.2) is 25.7 Å². The van der Waals surface area contributed by atoms with Crippen LogP contribution < -0.4 is 19.5 Å². The molecule has 29 heavy (non-hydrogen) atoms. The van der Waals surface area contributed by atoms with Crippen LogP contribution in [0.4, 0.5) is 5.88 Å². The highest BCUT2D eigenvalue weighted by molar-refractivity contribution is 5.46. The molecule has 0 radical (unpaired) electrons. The summed E-state index contributed by atoms with van der Waals surface area (Å²) in [5.41, 5.74) is 2.43. The van der Waals surface area contributed by atoms with E-state index in [1.54, 1.807) is 14.2 Å². The standard InChI is InChI=1S/C22H23N3O4/c1-15-4-7-17(8-5-15)28-14-21-25-18(13-23)22(29-21)24-11-10-16-6-9-19(26-2)20(12-16)27-3/h4-9,12,24H,10-11,14H2,1-3H3. The number of methoxy groups -OCH3 is 2. The minimum atomic E-state index is 0.148. The number of aryl methyl sites for hydroxylation is 1. The minimum Gasteiger partial charge on any atom is -0.493 e. The van der Waals surface area contributed by atoms with Crippen molar-refractivity contribution in [2.75, 3.05) is 26.1 Å². The largest absolute Gasteiger partial charge is 0.493 e. The van der Waals surface area contributed by atoms with Gasteiger partial charge >= 0.3 is 0 Å². The Balaban J connectivity index is 1.58. The molecule has 0 atom stereocenters. The van der Waals surface area contributed by atoms with Crippen LogP contribution in [0.1, 0.15) is 22.7 Å². The lowest BCUT2D eigenvalue weighted by atomic mass is 10.1. The van der Waals surface area contributed by atoms with Crippen molar-refractivity contribution in [3.05, 3.63) is 65.2 Å². The third-order valence-corrected chi connectivity index (χ3v) is 4.31. The van der Waals surface area contributed by atoms with Gasteiger partial charge in [0.1, 0.15) is 11.8 Å². The van der Waals surface area contributed by atoms with E-state index < -0.39 is 0 Å². The van der Waals surface area contributed by atoms with Gasteiger partial charge in [0.05, 0.1) is 14.2 Å². The molecule has 0 fully saturated rings. The maximum atomic E-state index is 9.31. The normalized spacial score (nSPS) is 10.3. The van der Waals surface area contributed by atoms with E-state index in [0.717, 1.165) is 16.9 Å². The first-order valence-corrected chi connectivity index (χ1v) is 9.17. The van der Waals surface area contributed by atoms with E-state index in [-0.39, 0.29) is 12.3 Å². The van der Waals surface area contributed by atoms with E-state index in [1.807, 2.05) is 55.5 Å². The van der Waals surface area contributed by atoms with E-state index >= 15 is 0 Å². The summed E-state index contributed by atoms with van der Waals surface area (Å²) in [6.45, 7) is 2.73. The molecule has 0 aliphatic rings. The van der Waals surface area contributed by atoms with Crippen LogP contribution in [-0.2, 0) is 13.0 Å². The first-order valence-electron chi connectivity index (χ1n) is 9.17. The van der Waals surface area contributed by atoms with Crippen LogP contribution >= 0.6 is 0 Å². The monoisotopic (exact) mass is 393 g/mol. The summed E-state index contributed by atoms with van der Waals surface area (Å²) in [7, 11) is 3.21. The van der Waals surface area contributed by atoms with E-state index in [2.05, 4.69) is 10.3 Å². The fourth-order valence-corrected chi connectivity index (χ4v) is 2.76. The smallest absolute Gasteiger partial charge is 0.236 e. The molecule has 7 heteroatoms. The average Bonchev–Trinajstić information content (AvgIpc) is 3.15. The molecular weight excluding hydrogens is 370 g/mol. The van der Waals surface area contributed by atoms with Crippen molar-refractivity contribution >= 4 is 5.88 Å². The van der Waals surface area contributed by atoms with Gasteiger partial charge in [0, 0.05) is 6.54 Å². The first kappa shape index (κ1) is 20.1. The fraction of sp³-hybridized carbons (Fsp3) is 0.273. The molecule has 0 aliphatic carbocycles. The maximum Gasteiger partial charge on any atom is 0.236 e. The van der Waals surface area contributed by atoms with Gasteiger partial charge in [0.25, 0.3) is 0 Å². The molecule has 0 bridgehead atoms. The Labute approximate surface area is 169 Å². The fourth-order valence-electron chi connectivity index (χ4n) is 2.76. The van der Waals surface area contributed by atoms with Gasteiger partial charge in [-0.15, -0.1) is 0 Å². The number of anilines is 1. The van der Waals surface area contributed by atoms with Crippen molar-refractivity contribution in [3.63, 3.8) is 0 Å². The van der Waals surface area contributed by atoms with Crippen molar-refractivity contribution in [3.8, 4) is 23.3 Å². The summed E-state index contributed by atoms with van der Waals surface area (Å²) < 4.78 is 21.9. The zero-order chi connectivity index (χ0) is 20.6. The van der Waals surface area contributed by atoms with Crippen LogP contribution in [0.15, 0.2) is 46.9 Å². The van der Waals surface area contributed by atoms with E-state index in [9.17, 15) is 5.26 Å². The molecule has 0 saturated heterocycles. The van der Waals surface area contributed by atoms with Crippen LogP contribution in [0.3, 0.4) is 0 Å². The highest BCUT2D eigenvalue weighted by Gasteiger charge is 2.13. The van der Waals surface area contributed by atoms with Gasteiger partial charge in [-0.2, -0.15) is 10.2 Å². The highest BCUT2D eigenvalue weighted by atomic mass is 16.5. The quantitative estimate of drug-likeness (QED) is 0.585. The van der Waals surface area contributed by atoms with Crippen LogP contribution in [0.2, 0.25) is 0 Å². The van der Waals surface area contributed by atoms with E-state index in [0.29, 0.717) is 36.2 Å². The Hall–Kier alpha value is -3.66. The lowest BCUT2D eigenvalue weighted by Crippen LogP contribution is -2.05. The second kappa shape index (κ2) is 9.51. The topological polar surface area (TPSA) is 89.5 Å². The zero-order valence-electron chi connectivity index (χ0n) is 16.7. The maximum absolute atomic E-state index is 9.31. The zero-order valence-corrected chi connectivity index (χ0v) is 16.7. The number of aromatic nitrogens is 1. The summed E-state index contributed by atoms with van der Waals surface area (Å²) >= 11 is 0. The number of nitriles is 1. The molecule has 150 valence electrons. The van der Waals surface area contributed by atoms with Crippen molar-refractivity contribution in [1.82, 2.24) is 4.98 Å². The van der Waals surface area contributed by atoms with Crippen LogP contribution in [0.25, 0.3) is 0 Å². The van der Waals surface area contributed by atoms with E-state index in [4.69, 9.17) is 18.6 Å². The number of benzene rings is 2. The second-order valence-corrected chi connectivity index (χ2v) is 6.36. The third kappa shape index (κ3) is 5.20. The molecule has 0 saturated carbocycles. The van der Waals surface area contributed by atoms with Gasteiger partial charge in [-0.25, -0.2) is 0 Å². The predicted molar refractivity (Wildman–Crippen MR) is 108 cm³/mol. The summed E-state index contributed by atoms with van der Waals surface area (Å²) in [4.78, 5) is 4.19. The van der Waals surface area contributed by atoms with Gasteiger partial charge < -0.3 is 23.9 Å². The molecule has 0 amide bonds. The highest BCUT2D eigenvalue weighted by Crippen LogP contribution is 2.27. The molecule has 0 spiro atoms. The van der Waals surface area contributed by atoms with Crippen LogP contribution in [0.5, 0.6) is 17.2 Å². The molecular formula is C22H23N3O4. The van der Waals surface area contributed by atoms with Gasteiger partial charge in [0.2, 0.25) is 17.5 Å². The Morgan fingerprint density at radius 3 is 2.52 bits per heavy atom. The first-order chi connectivity index (χ1) is 14.1. The molecule has 7 nitrogen and oxygen atoms in total. The number of nitrogens with one attached hydrogen (secondary N) is 1. The predicted octanol–water partition coefficient (Wildman–Crippen LogP) is 4.11. The molecule has 1 aromatic heterocycles. The van der Waals surface area contributed by atoms with Crippen molar-refractivity contribution in [2.45, 2.75) is 20.0 Å². The van der Waals surface area contributed by atoms with Crippen molar-refractivity contribution < 1.29 is 18.6 Å². The average molecular weight is 393 g/mol. The molecule has 0 aliphatic heterocycles. The number of rotatable bonds is 9. The van der Waals surface area contributed by atoms with Gasteiger partial charge in [-0.1, -0.05) is 23.8 Å². The molecule has 3 aromatic rings. The van der Waals surface area contributed by atoms with Crippen molar-refractivity contribution in [2.24, 2.45) is 0 Å². The molecule has 3 rings (SSSR count). The number of hydrogen-bond acceptors (Lipinski definition) is 7. The lowest BCUT2D eigenvalue weighted by Gasteiger charge is -2.09. The van der Waals surface area contributed by atoms with Gasteiger partial charge in [-0.3, -0.25) is 0 Å². The van der Waals surface area contributed by atoms with Crippen LogP contribution in [0, 0.1) is 18.3 Å². The molecule has 0 unspecified atom stereocenters. The Bertz CT molecular complexity index is 990. The summed E-state index contributed by atoms with van der Waals surface area (Å²) in [5.74, 6) is 2.77. The molecule has 1 heterocycles. The Morgan fingerprint density at radius 2 is 1.83 bits per heavy atom. The van der Waals surface area contributed by atoms with E-state index in [1.165, 1.54) is 0 Å². The number of nitrogens with zero attached hydrogens (tertiary/aromatic N) is 2. The third-order valence-electron chi connectivity index (χ3n) is 4.31. The molecule has 2 aromatic carbocycles. The number of oxazole rings is 1. The Morgan fingerprint density at radius 1 is 1.07 bits per heavy atom. The summed E-state index contributed by atoms with van der Waals surface area (Å²) in [5, 5.41) is 12.4. The van der Waals surface area contributed by atoms with Gasteiger partial charge in [0.15, 0.2) is 18.1 Å². The van der Waals surface area contributed by atoms with Gasteiger partial charge in [-0.05, 0) is 43.2 Å². The Kier molecular flexibility index (Phi) is 6.59. The minimum absolute atomic E-state index is 0.148. The summed E-state index contributed by atoms with van der Waals surface area (Å²) in [6, 6.07) is 15.5. The van der Waals surface area contributed by atoms with Crippen molar-refractivity contribution in [1.29, 1.82) is 5.26 Å². The SMILES string of the molecule is COc1ccc(CCNc2oc(COc3ccc(C)cc3)nc2C#N)cc1OC. The molecule has 1 N–H and O–H groups in total. The lowest BCUT2D eigenvalue weighted by molar-refractivity contribution is 0.265. The number of hydrogen-bond donors (Lipinski definition) is 1. The summed E-state index contributed by atoms with van der Waals surface area (Å²) in [6.07, 6.45) is 0.709. The number of ether oxygens (including phenoxy) is 3. The second-order valence-electron chi connectivity index (χ2n) is 6.36.